The molecular formula is C25H42N4O2S2. The summed E-state index contributed by atoms with van der Waals surface area (Å²) in [5, 5.41) is 8.96. The van der Waals surface area contributed by atoms with Crippen molar-refractivity contribution in [1.29, 1.82) is 0 Å². The van der Waals surface area contributed by atoms with E-state index < -0.39 is 0 Å². The summed E-state index contributed by atoms with van der Waals surface area (Å²) < 4.78 is 0. The predicted octanol–water partition coefficient (Wildman–Crippen LogP) is 4.80. The lowest BCUT2D eigenvalue weighted by Gasteiger charge is -2.34. The van der Waals surface area contributed by atoms with Crippen molar-refractivity contribution in [1.82, 2.24) is 10.6 Å². The second kappa shape index (κ2) is 19.6. The molecule has 0 radical (unpaired) electrons. The van der Waals surface area contributed by atoms with E-state index in [1.165, 1.54) is 55.4 Å². The van der Waals surface area contributed by atoms with Crippen molar-refractivity contribution in [3.8, 4) is 0 Å². The number of thiol groups is 2. The number of allylic oxidation sites excluding steroid dienone is 1. The highest BCUT2D eigenvalue weighted by atomic mass is 33.1. The second-order valence-electron chi connectivity index (χ2n) is 7.25. The number of hydrogen-bond acceptors (Lipinski definition) is 7. The van der Waals surface area contributed by atoms with Crippen LogP contribution in [0.15, 0.2) is 43.0 Å². The van der Waals surface area contributed by atoms with Crippen LogP contribution in [0, 0.1) is 0 Å². The fraction of sp³-hybridized carbons (Fsp3) is 0.520. The summed E-state index contributed by atoms with van der Waals surface area (Å²) >= 11 is 6.44. The number of piperidine rings is 1. The number of imide groups is 1. The molecule has 1 saturated heterocycles. The maximum atomic E-state index is 10.3. The molecule has 0 aromatic heterocycles. The highest BCUT2D eigenvalue weighted by Gasteiger charge is 2.22. The molecule has 0 bridgehead atoms. The van der Waals surface area contributed by atoms with E-state index in [9.17, 15) is 9.59 Å². The second-order valence-corrected chi connectivity index (χ2v) is 7.25. The first-order chi connectivity index (χ1) is 16.1. The number of rotatable bonds is 3. The summed E-state index contributed by atoms with van der Waals surface area (Å²) in [5.74, 6) is -0.543. The van der Waals surface area contributed by atoms with Crippen LogP contribution in [-0.2, 0) is 16.0 Å². The number of nitrogens with zero attached hydrogens (tertiary/aromatic N) is 1. The number of nitrogens with one attached hydrogen (secondary N) is 3. The zero-order valence-corrected chi connectivity index (χ0v) is 22.4. The van der Waals surface area contributed by atoms with E-state index in [4.69, 9.17) is 0 Å². The van der Waals surface area contributed by atoms with Gasteiger partial charge in [-0.25, -0.2) is 0 Å². The number of fused-ring (bicyclic) bond motifs is 1. The van der Waals surface area contributed by atoms with Gasteiger partial charge in [0.15, 0.2) is 0 Å². The predicted molar refractivity (Wildman–Crippen MR) is 150 cm³/mol. The lowest BCUT2D eigenvalue weighted by molar-refractivity contribution is -0.128. The van der Waals surface area contributed by atoms with Gasteiger partial charge in [0, 0.05) is 49.0 Å². The van der Waals surface area contributed by atoms with E-state index in [1.54, 1.807) is 6.08 Å². The van der Waals surface area contributed by atoms with Crippen molar-refractivity contribution in [2.75, 3.05) is 36.9 Å². The number of carbonyl (C=O) groups excluding carboxylic acids is 2. The van der Waals surface area contributed by atoms with E-state index in [1.807, 2.05) is 19.9 Å². The van der Waals surface area contributed by atoms with E-state index in [2.05, 4.69) is 82.9 Å². The van der Waals surface area contributed by atoms with Crippen molar-refractivity contribution in [2.24, 2.45) is 0 Å². The Morgan fingerprint density at radius 2 is 1.85 bits per heavy atom. The average Bonchev–Trinajstić information content (AvgIpc) is 3.36. The molecule has 3 heterocycles. The lowest BCUT2D eigenvalue weighted by Crippen LogP contribution is -2.41. The highest BCUT2D eigenvalue weighted by molar-refractivity contribution is 8.59. The van der Waals surface area contributed by atoms with Crippen LogP contribution in [0.2, 0.25) is 0 Å². The van der Waals surface area contributed by atoms with E-state index in [0.29, 0.717) is 12.5 Å². The molecule has 33 heavy (non-hydrogen) atoms. The van der Waals surface area contributed by atoms with Crippen molar-refractivity contribution in [2.45, 2.75) is 58.9 Å². The van der Waals surface area contributed by atoms with Crippen LogP contribution in [0.4, 0.5) is 11.4 Å². The van der Waals surface area contributed by atoms with Gasteiger partial charge in [-0.3, -0.25) is 14.9 Å². The maximum Gasteiger partial charge on any atom is 0.250 e. The molecule has 0 atom stereocenters. The molecule has 1 aromatic carbocycles. The Balaban J connectivity index is 0.000000536. The van der Waals surface area contributed by atoms with E-state index in [-0.39, 0.29) is 11.8 Å². The average molecular weight is 495 g/mol. The summed E-state index contributed by atoms with van der Waals surface area (Å²) in [4.78, 5) is 23.1. The van der Waals surface area contributed by atoms with Crippen LogP contribution in [0.3, 0.4) is 0 Å². The van der Waals surface area contributed by atoms with Crippen LogP contribution < -0.4 is 20.9 Å². The first kappa shape index (κ1) is 31.1. The molecule has 1 aromatic rings. The van der Waals surface area contributed by atoms with Crippen LogP contribution in [0.25, 0.3) is 0 Å². The molecule has 186 valence electrons. The quantitative estimate of drug-likeness (QED) is 0.181. The molecule has 3 N–H and O–H groups in total. The van der Waals surface area contributed by atoms with Gasteiger partial charge < -0.3 is 15.5 Å². The highest BCUT2D eigenvalue weighted by Crippen LogP contribution is 2.33. The normalized spacial score (nSPS) is 16.0. The topological polar surface area (TPSA) is 73.5 Å². The minimum atomic E-state index is -0.318. The van der Waals surface area contributed by atoms with E-state index >= 15 is 0 Å². The van der Waals surface area contributed by atoms with Gasteiger partial charge in [0.2, 0.25) is 11.8 Å². The number of anilines is 2. The van der Waals surface area contributed by atoms with Gasteiger partial charge in [0.1, 0.15) is 0 Å². The first-order valence-corrected chi connectivity index (χ1v) is 13.3. The molecule has 3 aliphatic heterocycles. The molecule has 6 nitrogen and oxygen atoms in total. The fourth-order valence-corrected chi connectivity index (χ4v) is 3.53. The molecular weight excluding hydrogens is 452 g/mol. The van der Waals surface area contributed by atoms with Crippen LogP contribution in [0.1, 0.15) is 52.0 Å². The molecule has 0 unspecified atom stereocenters. The van der Waals surface area contributed by atoms with Gasteiger partial charge in [-0.2, -0.15) is 0 Å². The summed E-state index contributed by atoms with van der Waals surface area (Å²) in [5.41, 5.74) is 4.33. The SMILES string of the molecule is C=CCC.CC.CNC1CCN(c2cccc3c2CCN3)CC1.O=C1C=CCC(=O)N1.SS. The summed E-state index contributed by atoms with van der Waals surface area (Å²) in [7, 11) is 2.07. The zero-order valence-electron chi connectivity index (χ0n) is 20.6. The smallest absolute Gasteiger partial charge is 0.250 e. The van der Waals surface area contributed by atoms with Gasteiger partial charge >= 0.3 is 0 Å². The Labute approximate surface area is 210 Å². The Kier molecular flexibility index (Phi) is 18.4. The van der Waals surface area contributed by atoms with Crippen LogP contribution >= 0.6 is 23.3 Å². The van der Waals surface area contributed by atoms with Crippen molar-refractivity contribution in [3.05, 3.63) is 48.6 Å². The standard InChI is InChI=1S/C14H21N3.C5H5NO2.C4H8.C2H6.H2S2/c1-15-11-6-9-17(10-7-11)14-4-2-3-13-12(14)5-8-16-13;7-4-2-1-3-5(8)6-4;1-3-4-2;2*1-2/h2-4,11,15-16H,5-10H2,1H3;1-2H,3H2,(H,6,7,8);3H,1,4H2,2H3;1-2H3;1-2H. The molecule has 4 rings (SSSR count). The largest absolute Gasteiger partial charge is 0.384 e. The summed E-state index contributed by atoms with van der Waals surface area (Å²) in [6.45, 7) is 13.0. The van der Waals surface area contributed by atoms with Crippen molar-refractivity contribution < 1.29 is 9.59 Å². The van der Waals surface area contributed by atoms with Gasteiger partial charge in [-0.05, 0) is 50.9 Å². The van der Waals surface area contributed by atoms with Gasteiger partial charge in [0.05, 0.1) is 0 Å². The number of benzene rings is 1. The van der Waals surface area contributed by atoms with Crippen molar-refractivity contribution in [3.63, 3.8) is 0 Å². The minimum Gasteiger partial charge on any atom is -0.384 e. The molecule has 0 saturated carbocycles. The van der Waals surface area contributed by atoms with Gasteiger partial charge in [0.25, 0.3) is 0 Å². The summed E-state index contributed by atoms with van der Waals surface area (Å²) in [6.07, 6.45) is 9.87. The lowest BCUT2D eigenvalue weighted by atomic mass is 10.0. The Hall–Kier alpha value is -1.90. The maximum absolute atomic E-state index is 10.3. The molecule has 1 fully saturated rings. The number of hydrogen-bond donors (Lipinski definition) is 5. The molecule has 2 amide bonds. The third kappa shape index (κ3) is 11.7. The third-order valence-corrected chi connectivity index (χ3v) is 5.21. The summed E-state index contributed by atoms with van der Waals surface area (Å²) in [6, 6.07) is 7.37. The molecule has 3 aliphatic rings. The van der Waals surface area contributed by atoms with Gasteiger partial charge in [-0.15, -0.1) is 29.9 Å². The minimum absolute atomic E-state index is 0.225. The van der Waals surface area contributed by atoms with Crippen LogP contribution in [-0.4, -0.2) is 44.5 Å². The third-order valence-electron chi connectivity index (χ3n) is 5.21. The monoisotopic (exact) mass is 494 g/mol. The molecule has 0 spiro atoms. The van der Waals surface area contributed by atoms with Crippen molar-refractivity contribution >= 4 is 46.5 Å². The molecule has 0 aliphatic carbocycles. The molecule has 8 heteroatoms. The zero-order chi connectivity index (χ0) is 25.1. The Morgan fingerprint density at radius 3 is 2.33 bits per heavy atom. The van der Waals surface area contributed by atoms with Gasteiger partial charge in [-0.1, -0.05) is 39.0 Å². The number of carbonyl (C=O) groups is 2. The fourth-order valence-electron chi connectivity index (χ4n) is 3.53. The first-order valence-electron chi connectivity index (χ1n) is 11.7. The number of amides is 2. The Morgan fingerprint density at radius 1 is 1.21 bits per heavy atom. The van der Waals surface area contributed by atoms with E-state index in [0.717, 1.165) is 13.0 Å². The van der Waals surface area contributed by atoms with Crippen LogP contribution in [0.5, 0.6) is 0 Å². The Bertz CT molecular complexity index is 733.